The number of nitrogens with zero attached hydrogens (tertiary/aromatic N) is 2. The zero-order valence-corrected chi connectivity index (χ0v) is 12.2. The predicted molar refractivity (Wildman–Crippen MR) is 78.2 cm³/mol. The molecule has 0 atom stereocenters. The van der Waals surface area contributed by atoms with Gasteiger partial charge in [0, 0.05) is 26.7 Å². The Kier molecular flexibility index (Phi) is 2.62. The van der Waals surface area contributed by atoms with Gasteiger partial charge in [-0.1, -0.05) is 6.42 Å². The minimum atomic E-state index is 0.670. The SMILES string of the molecule is CN=C(NCC1(C2CC2)CC1)N1CCC2(CCC2)C1. The lowest BCUT2D eigenvalue weighted by atomic mass is 9.68. The van der Waals surface area contributed by atoms with E-state index in [1.807, 2.05) is 7.05 Å². The minimum absolute atomic E-state index is 0.670. The van der Waals surface area contributed by atoms with E-state index in [-0.39, 0.29) is 0 Å². The van der Waals surface area contributed by atoms with Gasteiger partial charge in [-0.3, -0.25) is 4.99 Å². The van der Waals surface area contributed by atoms with E-state index in [0.29, 0.717) is 10.8 Å². The molecule has 3 aliphatic carbocycles. The zero-order valence-electron chi connectivity index (χ0n) is 12.2. The van der Waals surface area contributed by atoms with Crippen molar-refractivity contribution in [1.29, 1.82) is 0 Å². The van der Waals surface area contributed by atoms with Crippen LogP contribution in [0.15, 0.2) is 4.99 Å². The average Bonchev–Trinajstić information content (AvgIpc) is 3.26. The maximum atomic E-state index is 4.54. The Morgan fingerprint density at radius 2 is 2.00 bits per heavy atom. The third-order valence-electron chi connectivity index (χ3n) is 6.30. The van der Waals surface area contributed by atoms with Crippen LogP contribution in [0.5, 0.6) is 0 Å². The van der Waals surface area contributed by atoms with Crippen molar-refractivity contribution in [3.8, 4) is 0 Å². The van der Waals surface area contributed by atoms with E-state index in [1.165, 1.54) is 77.0 Å². The van der Waals surface area contributed by atoms with E-state index < -0.39 is 0 Å². The standard InChI is InChI=1S/C16H27N3/c1-17-14(18-11-16(7-8-16)13-3-4-13)19-10-9-15(12-19)5-2-6-15/h13H,2-12H2,1H3,(H,17,18). The quantitative estimate of drug-likeness (QED) is 0.625. The van der Waals surface area contributed by atoms with Crippen molar-refractivity contribution in [2.45, 2.75) is 51.4 Å². The second-order valence-corrected chi connectivity index (χ2v) is 7.56. The number of nitrogens with one attached hydrogen (secondary N) is 1. The fourth-order valence-electron chi connectivity index (χ4n) is 4.37. The first-order valence-corrected chi connectivity index (χ1v) is 8.21. The lowest BCUT2D eigenvalue weighted by Gasteiger charge is -2.38. The lowest BCUT2D eigenvalue weighted by Crippen LogP contribution is -2.44. The van der Waals surface area contributed by atoms with Crippen molar-refractivity contribution in [3.63, 3.8) is 0 Å². The number of likely N-dealkylation sites (tertiary alicyclic amines) is 1. The highest BCUT2D eigenvalue weighted by molar-refractivity contribution is 5.80. The van der Waals surface area contributed by atoms with Crippen LogP contribution in [0, 0.1) is 16.7 Å². The zero-order chi connectivity index (χ0) is 12.9. The Hall–Kier alpha value is -0.730. The monoisotopic (exact) mass is 261 g/mol. The van der Waals surface area contributed by atoms with E-state index in [0.717, 1.165) is 5.92 Å². The molecule has 3 nitrogen and oxygen atoms in total. The Bertz CT molecular complexity index is 389. The molecule has 0 unspecified atom stereocenters. The van der Waals surface area contributed by atoms with E-state index >= 15 is 0 Å². The fourth-order valence-corrected chi connectivity index (χ4v) is 4.37. The molecule has 0 aromatic carbocycles. The molecule has 106 valence electrons. The Labute approximate surface area is 116 Å². The maximum absolute atomic E-state index is 4.54. The largest absolute Gasteiger partial charge is 0.356 e. The molecule has 0 aromatic heterocycles. The lowest BCUT2D eigenvalue weighted by molar-refractivity contribution is 0.151. The molecule has 3 heteroatoms. The number of hydrogen-bond donors (Lipinski definition) is 1. The first kappa shape index (κ1) is 12.0. The van der Waals surface area contributed by atoms with Crippen molar-refractivity contribution in [3.05, 3.63) is 0 Å². The van der Waals surface area contributed by atoms with Gasteiger partial charge in [-0.25, -0.2) is 0 Å². The third-order valence-corrected chi connectivity index (χ3v) is 6.30. The number of hydrogen-bond acceptors (Lipinski definition) is 1. The molecule has 4 fully saturated rings. The fraction of sp³-hybridized carbons (Fsp3) is 0.938. The van der Waals surface area contributed by atoms with Crippen molar-refractivity contribution in [1.82, 2.24) is 10.2 Å². The smallest absolute Gasteiger partial charge is 0.193 e. The van der Waals surface area contributed by atoms with E-state index in [4.69, 9.17) is 0 Å². The molecular weight excluding hydrogens is 234 g/mol. The van der Waals surface area contributed by atoms with Crippen LogP contribution < -0.4 is 5.32 Å². The molecule has 1 heterocycles. The van der Waals surface area contributed by atoms with Gasteiger partial charge in [0.05, 0.1) is 0 Å². The summed E-state index contributed by atoms with van der Waals surface area (Å²) in [5.74, 6) is 2.21. The first-order chi connectivity index (χ1) is 9.25. The maximum Gasteiger partial charge on any atom is 0.193 e. The van der Waals surface area contributed by atoms with Crippen LogP contribution in [0.1, 0.15) is 51.4 Å². The van der Waals surface area contributed by atoms with Crippen molar-refractivity contribution in [2.24, 2.45) is 21.7 Å². The van der Waals surface area contributed by atoms with Crippen LogP contribution in [0.25, 0.3) is 0 Å². The van der Waals surface area contributed by atoms with Crippen LogP contribution in [0.2, 0.25) is 0 Å². The highest BCUT2D eigenvalue weighted by atomic mass is 15.3. The van der Waals surface area contributed by atoms with Gasteiger partial charge in [0.1, 0.15) is 0 Å². The Morgan fingerprint density at radius 1 is 1.21 bits per heavy atom. The van der Waals surface area contributed by atoms with Crippen LogP contribution in [0.4, 0.5) is 0 Å². The number of rotatable bonds is 3. The Morgan fingerprint density at radius 3 is 2.47 bits per heavy atom. The van der Waals surface area contributed by atoms with Gasteiger partial charge in [0.15, 0.2) is 5.96 Å². The minimum Gasteiger partial charge on any atom is -0.356 e. The molecule has 0 radical (unpaired) electrons. The topological polar surface area (TPSA) is 27.6 Å². The van der Waals surface area contributed by atoms with Crippen LogP contribution in [-0.2, 0) is 0 Å². The third kappa shape index (κ3) is 2.05. The van der Waals surface area contributed by atoms with Gasteiger partial charge in [-0.05, 0) is 61.7 Å². The summed E-state index contributed by atoms with van der Waals surface area (Å²) in [5.41, 5.74) is 1.34. The van der Waals surface area contributed by atoms with Gasteiger partial charge >= 0.3 is 0 Å². The summed E-state index contributed by atoms with van der Waals surface area (Å²) in [7, 11) is 1.95. The van der Waals surface area contributed by atoms with Gasteiger partial charge in [-0.2, -0.15) is 0 Å². The van der Waals surface area contributed by atoms with Crippen LogP contribution >= 0.6 is 0 Å². The molecular formula is C16H27N3. The van der Waals surface area contributed by atoms with Crippen molar-refractivity contribution < 1.29 is 0 Å². The van der Waals surface area contributed by atoms with Crippen molar-refractivity contribution in [2.75, 3.05) is 26.7 Å². The second-order valence-electron chi connectivity index (χ2n) is 7.56. The molecule has 0 bridgehead atoms. The summed E-state index contributed by atoms with van der Waals surface area (Å²) in [4.78, 5) is 7.05. The van der Waals surface area contributed by atoms with E-state index in [1.54, 1.807) is 0 Å². The summed E-state index contributed by atoms with van der Waals surface area (Å²) < 4.78 is 0. The van der Waals surface area contributed by atoms with Crippen LogP contribution in [-0.4, -0.2) is 37.5 Å². The molecule has 4 rings (SSSR count). The normalized spacial score (nSPS) is 31.4. The van der Waals surface area contributed by atoms with Gasteiger partial charge in [0.2, 0.25) is 0 Å². The first-order valence-electron chi connectivity index (χ1n) is 8.21. The summed E-state index contributed by atoms with van der Waals surface area (Å²) >= 11 is 0. The highest BCUT2D eigenvalue weighted by Gasteiger charge is 2.53. The van der Waals surface area contributed by atoms with Gasteiger partial charge in [-0.15, -0.1) is 0 Å². The van der Waals surface area contributed by atoms with Crippen LogP contribution in [0.3, 0.4) is 0 Å². The van der Waals surface area contributed by atoms with E-state index in [9.17, 15) is 0 Å². The number of guanidine groups is 1. The molecule has 4 aliphatic rings. The Balaban J connectivity index is 1.34. The van der Waals surface area contributed by atoms with E-state index in [2.05, 4.69) is 15.2 Å². The van der Waals surface area contributed by atoms with Gasteiger partial charge < -0.3 is 10.2 Å². The molecule has 19 heavy (non-hydrogen) atoms. The molecule has 1 saturated heterocycles. The predicted octanol–water partition coefficient (Wildman–Crippen LogP) is 2.63. The summed E-state index contributed by atoms with van der Waals surface area (Å²) in [6.07, 6.45) is 11.6. The highest BCUT2D eigenvalue weighted by Crippen LogP contribution is 2.60. The molecule has 1 aliphatic heterocycles. The molecule has 1 N–H and O–H groups in total. The molecule has 1 spiro atoms. The average molecular weight is 261 g/mol. The molecule has 3 saturated carbocycles. The summed E-state index contributed by atoms with van der Waals surface area (Å²) in [5, 5.41) is 3.70. The molecule has 0 amide bonds. The van der Waals surface area contributed by atoms with Crippen molar-refractivity contribution >= 4 is 5.96 Å². The summed E-state index contributed by atoms with van der Waals surface area (Å²) in [6, 6.07) is 0. The summed E-state index contributed by atoms with van der Waals surface area (Å²) in [6.45, 7) is 3.65. The number of aliphatic imine (C=N–C) groups is 1. The molecule has 0 aromatic rings. The second kappa shape index (κ2) is 4.13. The van der Waals surface area contributed by atoms with Gasteiger partial charge in [0.25, 0.3) is 0 Å².